The normalized spacial score (nSPS) is 17.6. The first kappa shape index (κ1) is 19.1. The van der Waals surface area contributed by atoms with Crippen molar-refractivity contribution in [1.82, 2.24) is 30.2 Å². The van der Waals surface area contributed by atoms with Crippen LogP contribution in [0.3, 0.4) is 0 Å². The highest BCUT2D eigenvalue weighted by atomic mass is 19.4. The predicted molar refractivity (Wildman–Crippen MR) is 92.1 cm³/mol. The summed E-state index contributed by atoms with van der Waals surface area (Å²) in [5.74, 6) is -0.412. The lowest BCUT2D eigenvalue weighted by Gasteiger charge is -2.24. The van der Waals surface area contributed by atoms with Gasteiger partial charge in [-0.1, -0.05) is 0 Å². The Balaban J connectivity index is 1.95. The summed E-state index contributed by atoms with van der Waals surface area (Å²) in [6.45, 7) is 1.60. The van der Waals surface area contributed by atoms with Gasteiger partial charge in [-0.2, -0.15) is 13.2 Å². The molecule has 8 nitrogen and oxygen atoms in total. The number of piperidine rings is 1. The lowest BCUT2D eigenvalue weighted by Crippen LogP contribution is -2.38. The molecule has 2 aromatic heterocycles. The van der Waals surface area contributed by atoms with E-state index in [2.05, 4.69) is 30.6 Å². The van der Waals surface area contributed by atoms with Crippen molar-refractivity contribution in [3.05, 3.63) is 23.8 Å². The van der Waals surface area contributed by atoms with Gasteiger partial charge in [0.1, 0.15) is 11.3 Å². The molecule has 2 aromatic rings. The van der Waals surface area contributed by atoms with Crippen molar-refractivity contribution < 1.29 is 18.0 Å². The number of alkyl halides is 3. The zero-order valence-electron chi connectivity index (χ0n) is 14.9. The van der Waals surface area contributed by atoms with Crippen LogP contribution in [0.5, 0.6) is 0 Å². The van der Waals surface area contributed by atoms with Gasteiger partial charge in [0.25, 0.3) is 5.91 Å². The molecule has 1 amide bonds. The van der Waals surface area contributed by atoms with Crippen LogP contribution < -0.4 is 10.6 Å². The first-order valence-corrected chi connectivity index (χ1v) is 8.44. The van der Waals surface area contributed by atoms with E-state index in [0.29, 0.717) is 6.54 Å². The maximum atomic E-state index is 13.4. The van der Waals surface area contributed by atoms with Crippen molar-refractivity contribution in [2.45, 2.75) is 25.1 Å². The zero-order chi connectivity index (χ0) is 19.6. The van der Waals surface area contributed by atoms with E-state index < -0.39 is 17.6 Å². The van der Waals surface area contributed by atoms with E-state index in [1.54, 1.807) is 0 Å². The third-order valence-corrected chi connectivity index (χ3v) is 4.16. The number of rotatable bonds is 4. The molecule has 3 heterocycles. The Morgan fingerprint density at radius 3 is 2.70 bits per heavy atom. The average Bonchev–Trinajstić information content (AvgIpc) is 3.11. The molecule has 0 radical (unpaired) electrons. The average molecular weight is 383 g/mol. The predicted octanol–water partition coefficient (Wildman–Crippen LogP) is 1.75. The highest BCUT2D eigenvalue weighted by Crippen LogP contribution is 2.35. The number of H-pyrrole nitrogens is 1. The van der Waals surface area contributed by atoms with E-state index in [0.717, 1.165) is 25.6 Å². The van der Waals surface area contributed by atoms with Crippen LogP contribution >= 0.6 is 0 Å². The first-order valence-electron chi connectivity index (χ1n) is 8.44. The number of aromatic amines is 1. The van der Waals surface area contributed by atoms with Crippen molar-refractivity contribution in [2.75, 3.05) is 32.5 Å². The van der Waals surface area contributed by atoms with Crippen LogP contribution in [-0.4, -0.2) is 64.0 Å². The summed E-state index contributed by atoms with van der Waals surface area (Å²) in [5.41, 5.74) is -1.35. The Kier molecular flexibility index (Phi) is 5.31. The number of amides is 1. The van der Waals surface area contributed by atoms with Gasteiger partial charge in [-0.3, -0.25) is 4.79 Å². The fourth-order valence-electron chi connectivity index (χ4n) is 2.78. The fraction of sp³-hybridized carbons (Fsp3) is 0.500. The van der Waals surface area contributed by atoms with Gasteiger partial charge in [0, 0.05) is 32.9 Å². The third-order valence-electron chi connectivity index (χ3n) is 4.16. The Morgan fingerprint density at radius 2 is 2.07 bits per heavy atom. The quantitative estimate of drug-likeness (QED) is 0.744. The zero-order valence-corrected chi connectivity index (χ0v) is 14.9. The molecular formula is C16H20F3N7O. The number of nitrogens with zero attached hydrogens (tertiary/aromatic N) is 4. The number of anilines is 1. The van der Waals surface area contributed by atoms with Gasteiger partial charge < -0.3 is 20.5 Å². The smallest absolute Gasteiger partial charge is 0.350 e. The number of nitrogens with one attached hydrogen (secondary N) is 3. The van der Waals surface area contributed by atoms with Crippen molar-refractivity contribution in [3.63, 3.8) is 0 Å². The largest absolute Gasteiger partial charge is 0.420 e. The van der Waals surface area contributed by atoms with Crippen molar-refractivity contribution in [3.8, 4) is 11.4 Å². The summed E-state index contributed by atoms with van der Waals surface area (Å²) < 4.78 is 40.2. The summed E-state index contributed by atoms with van der Waals surface area (Å²) in [4.78, 5) is 27.6. The molecule has 1 fully saturated rings. The Bertz CT molecular complexity index is 813. The number of carbonyl (C=O) groups excluding carboxylic acids is 1. The summed E-state index contributed by atoms with van der Waals surface area (Å²) in [7, 11) is 3.05. The van der Waals surface area contributed by atoms with Crippen LogP contribution in [0.1, 0.15) is 29.0 Å². The molecule has 1 aliphatic heterocycles. The monoisotopic (exact) mass is 383 g/mol. The van der Waals surface area contributed by atoms with E-state index in [9.17, 15) is 18.0 Å². The second-order valence-corrected chi connectivity index (χ2v) is 6.49. The molecule has 146 valence electrons. The number of imidazole rings is 1. The second kappa shape index (κ2) is 7.51. The van der Waals surface area contributed by atoms with E-state index >= 15 is 0 Å². The van der Waals surface area contributed by atoms with E-state index in [-0.39, 0.29) is 29.2 Å². The molecule has 0 saturated carbocycles. The van der Waals surface area contributed by atoms with Gasteiger partial charge in [0.15, 0.2) is 5.82 Å². The molecule has 27 heavy (non-hydrogen) atoms. The van der Waals surface area contributed by atoms with Crippen LogP contribution in [0.15, 0.2) is 12.4 Å². The molecule has 0 spiro atoms. The lowest BCUT2D eigenvalue weighted by molar-refractivity contribution is -0.137. The third kappa shape index (κ3) is 4.35. The van der Waals surface area contributed by atoms with Gasteiger partial charge in [0.2, 0.25) is 5.95 Å². The van der Waals surface area contributed by atoms with Gasteiger partial charge in [0.05, 0.1) is 11.9 Å². The SMILES string of the molecule is CN(C)C(=O)c1ncc(-c2nc(N[C@H]3CCCNC3)ncc2C(F)(F)F)[nH]1. The van der Waals surface area contributed by atoms with Crippen LogP contribution in [0.25, 0.3) is 11.4 Å². The molecular weight excluding hydrogens is 363 g/mol. The minimum absolute atomic E-state index is 0.000237. The van der Waals surface area contributed by atoms with E-state index in [1.165, 1.54) is 25.2 Å². The molecule has 1 saturated heterocycles. The number of halogens is 3. The molecule has 3 rings (SSSR count). The Hall–Kier alpha value is -2.69. The maximum absolute atomic E-state index is 13.4. The Morgan fingerprint density at radius 1 is 1.30 bits per heavy atom. The molecule has 0 bridgehead atoms. The van der Waals surface area contributed by atoms with Crippen molar-refractivity contribution in [2.24, 2.45) is 0 Å². The minimum Gasteiger partial charge on any atom is -0.350 e. The summed E-state index contributed by atoms with van der Waals surface area (Å²) in [5, 5.41) is 6.26. The van der Waals surface area contributed by atoms with Crippen LogP contribution in [0.2, 0.25) is 0 Å². The van der Waals surface area contributed by atoms with Gasteiger partial charge in [-0.15, -0.1) is 0 Å². The van der Waals surface area contributed by atoms with Gasteiger partial charge in [-0.25, -0.2) is 15.0 Å². The van der Waals surface area contributed by atoms with E-state index in [1.807, 2.05) is 0 Å². The molecule has 11 heteroatoms. The number of hydrogen-bond acceptors (Lipinski definition) is 6. The highest BCUT2D eigenvalue weighted by molar-refractivity contribution is 5.90. The first-order chi connectivity index (χ1) is 12.8. The fourth-order valence-corrected chi connectivity index (χ4v) is 2.78. The second-order valence-electron chi connectivity index (χ2n) is 6.49. The maximum Gasteiger partial charge on any atom is 0.420 e. The molecule has 0 aromatic carbocycles. The Labute approximate surface area is 153 Å². The molecule has 0 unspecified atom stereocenters. The van der Waals surface area contributed by atoms with E-state index in [4.69, 9.17) is 0 Å². The summed E-state index contributed by atoms with van der Waals surface area (Å²) in [6.07, 6.45) is -0.896. The highest BCUT2D eigenvalue weighted by Gasteiger charge is 2.36. The number of aromatic nitrogens is 4. The molecule has 1 atom stereocenters. The standard InChI is InChI=1S/C16H20F3N7O/c1-26(2)14(27)13-21-8-11(24-13)12-10(16(17,18)19)7-22-15(25-12)23-9-4-3-5-20-6-9/h7-9,20H,3-6H2,1-2H3,(H,21,24)(H,22,23,25)/t9-/m0/s1. The van der Waals surface area contributed by atoms with Crippen LogP contribution in [0, 0.1) is 0 Å². The summed E-state index contributed by atoms with van der Waals surface area (Å²) in [6, 6.07) is 0.0379. The van der Waals surface area contributed by atoms with Crippen LogP contribution in [0.4, 0.5) is 19.1 Å². The minimum atomic E-state index is -4.64. The van der Waals surface area contributed by atoms with Crippen LogP contribution in [-0.2, 0) is 6.18 Å². The summed E-state index contributed by atoms with van der Waals surface area (Å²) >= 11 is 0. The molecule has 3 N–H and O–H groups in total. The van der Waals surface area contributed by atoms with Gasteiger partial charge in [-0.05, 0) is 19.4 Å². The van der Waals surface area contributed by atoms with Crippen molar-refractivity contribution in [1.29, 1.82) is 0 Å². The number of carbonyl (C=O) groups is 1. The topological polar surface area (TPSA) is 98.8 Å². The lowest BCUT2D eigenvalue weighted by atomic mass is 10.1. The molecule has 1 aliphatic rings. The number of hydrogen-bond donors (Lipinski definition) is 3. The van der Waals surface area contributed by atoms with Crippen molar-refractivity contribution >= 4 is 11.9 Å². The van der Waals surface area contributed by atoms with Gasteiger partial charge >= 0.3 is 6.18 Å². The molecule has 0 aliphatic carbocycles.